The molecule has 1 atom stereocenters. The lowest BCUT2D eigenvalue weighted by molar-refractivity contribution is -0.138. The molecule has 0 bridgehead atoms. The second kappa shape index (κ2) is 5.58. The summed E-state index contributed by atoms with van der Waals surface area (Å²) in [6.45, 7) is 7.31. The molecular weight excluding hydrogens is 196 g/mol. The number of nitrogens with one attached hydrogen (secondary N) is 2. The van der Waals surface area contributed by atoms with Gasteiger partial charge in [-0.05, 0) is 26.7 Å². The van der Waals surface area contributed by atoms with E-state index in [4.69, 9.17) is 5.11 Å². The van der Waals surface area contributed by atoms with E-state index in [1.54, 1.807) is 0 Å². The first-order valence-electron chi connectivity index (χ1n) is 5.16. The van der Waals surface area contributed by atoms with Crippen molar-refractivity contribution in [3.05, 3.63) is 0 Å². The minimum absolute atomic E-state index is 0.275. The van der Waals surface area contributed by atoms with Gasteiger partial charge in [0.25, 0.3) is 0 Å². The molecule has 1 unspecified atom stereocenters. The Balaban J connectivity index is 4.19. The van der Waals surface area contributed by atoms with E-state index >= 15 is 0 Å². The molecule has 0 spiro atoms. The van der Waals surface area contributed by atoms with Gasteiger partial charge in [-0.2, -0.15) is 0 Å². The molecule has 88 valence electrons. The van der Waals surface area contributed by atoms with Crippen molar-refractivity contribution < 1.29 is 14.7 Å². The topological polar surface area (TPSA) is 78.4 Å². The second-order valence-corrected chi connectivity index (χ2v) is 3.93. The zero-order valence-electron chi connectivity index (χ0n) is 9.76. The van der Waals surface area contributed by atoms with Crippen LogP contribution >= 0.6 is 0 Å². The van der Waals surface area contributed by atoms with Crippen molar-refractivity contribution in [3.63, 3.8) is 0 Å². The van der Waals surface area contributed by atoms with E-state index in [1.165, 1.54) is 6.92 Å². The van der Waals surface area contributed by atoms with Gasteiger partial charge < -0.3 is 15.7 Å². The summed E-state index contributed by atoms with van der Waals surface area (Å²) in [5.74, 6) is -1.04. The third kappa shape index (κ3) is 4.67. The van der Waals surface area contributed by atoms with Gasteiger partial charge in [-0.15, -0.1) is 0 Å². The molecule has 0 aliphatic carbocycles. The summed E-state index contributed by atoms with van der Waals surface area (Å²) in [7, 11) is 0. The molecule has 0 aliphatic heterocycles. The summed E-state index contributed by atoms with van der Waals surface area (Å²) >= 11 is 0. The molecule has 0 aromatic heterocycles. The number of hydrogen-bond acceptors (Lipinski definition) is 2. The lowest BCUT2D eigenvalue weighted by Crippen LogP contribution is -2.52. The normalized spacial score (nSPS) is 13.1. The van der Waals surface area contributed by atoms with Crippen LogP contribution in [0.2, 0.25) is 0 Å². The van der Waals surface area contributed by atoms with Gasteiger partial charge in [0.2, 0.25) is 0 Å². The molecular formula is C10H20N2O3. The molecule has 5 nitrogen and oxygen atoms in total. The van der Waals surface area contributed by atoms with Crippen LogP contribution in [-0.2, 0) is 4.79 Å². The Hall–Kier alpha value is -1.26. The predicted octanol–water partition coefficient (Wildman–Crippen LogP) is 1.34. The van der Waals surface area contributed by atoms with E-state index in [2.05, 4.69) is 10.6 Å². The fourth-order valence-corrected chi connectivity index (χ4v) is 0.995. The predicted molar refractivity (Wildman–Crippen MR) is 57.8 cm³/mol. The van der Waals surface area contributed by atoms with E-state index in [9.17, 15) is 9.59 Å². The van der Waals surface area contributed by atoms with Crippen LogP contribution in [0.1, 0.15) is 40.5 Å². The molecule has 15 heavy (non-hydrogen) atoms. The molecule has 0 saturated carbocycles. The number of urea groups is 1. The first-order valence-corrected chi connectivity index (χ1v) is 5.16. The molecule has 3 N–H and O–H groups in total. The Morgan fingerprint density at radius 1 is 1.33 bits per heavy atom. The molecule has 0 saturated heterocycles. The zero-order chi connectivity index (χ0) is 12.1. The standard InChI is InChI=1S/C10H20N2O3/c1-5-10(4,6-2)12-9(15)11-7(3)8(13)14/h7H,5-6H2,1-4H3,(H,13,14)(H2,11,12,15). The van der Waals surface area contributed by atoms with Crippen LogP contribution in [-0.4, -0.2) is 28.7 Å². The monoisotopic (exact) mass is 216 g/mol. The molecule has 0 fully saturated rings. The van der Waals surface area contributed by atoms with Crippen molar-refractivity contribution >= 4 is 12.0 Å². The fourth-order valence-electron chi connectivity index (χ4n) is 0.995. The average Bonchev–Trinajstić information content (AvgIpc) is 2.17. The highest BCUT2D eigenvalue weighted by Gasteiger charge is 2.23. The van der Waals surface area contributed by atoms with Crippen LogP contribution in [0, 0.1) is 0 Å². The molecule has 0 heterocycles. The van der Waals surface area contributed by atoms with Gasteiger partial charge in [-0.25, -0.2) is 4.79 Å². The average molecular weight is 216 g/mol. The van der Waals surface area contributed by atoms with Crippen LogP contribution in [0.15, 0.2) is 0 Å². The van der Waals surface area contributed by atoms with Crippen molar-refractivity contribution in [1.29, 1.82) is 0 Å². The number of rotatable bonds is 5. The molecule has 0 aliphatic rings. The quantitative estimate of drug-likeness (QED) is 0.649. The highest BCUT2D eigenvalue weighted by Crippen LogP contribution is 2.12. The summed E-state index contributed by atoms with van der Waals surface area (Å²) in [6.07, 6.45) is 1.61. The van der Waals surface area contributed by atoms with Crippen molar-refractivity contribution in [2.24, 2.45) is 0 Å². The van der Waals surface area contributed by atoms with Crippen molar-refractivity contribution in [3.8, 4) is 0 Å². The summed E-state index contributed by atoms with van der Waals surface area (Å²) < 4.78 is 0. The number of hydrogen-bond donors (Lipinski definition) is 3. The van der Waals surface area contributed by atoms with Gasteiger partial charge in [0.15, 0.2) is 0 Å². The Morgan fingerprint density at radius 3 is 2.13 bits per heavy atom. The van der Waals surface area contributed by atoms with Gasteiger partial charge in [0.05, 0.1) is 0 Å². The van der Waals surface area contributed by atoms with E-state index in [1.807, 2.05) is 20.8 Å². The highest BCUT2D eigenvalue weighted by atomic mass is 16.4. The summed E-state index contributed by atoms with van der Waals surface area (Å²) in [4.78, 5) is 21.9. The Labute approximate surface area is 90.2 Å². The number of carbonyl (C=O) groups excluding carboxylic acids is 1. The van der Waals surface area contributed by atoms with Gasteiger partial charge >= 0.3 is 12.0 Å². The Morgan fingerprint density at radius 2 is 1.80 bits per heavy atom. The van der Waals surface area contributed by atoms with E-state index in [0.717, 1.165) is 12.8 Å². The third-order valence-electron chi connectivity index (χ3n) is 2.69. The highest BCUT2D eigenvalue weighted by molar-refractivity contribution is 5.82. The SMILES string of the molecule is CCC(C)(CC)NC(=O)NC(C)C(=O)O. The Bertz CT molecular complexity index is 237. The second-order valence-electron chi connectivity index (χ2n) is 3.93. The summed E-state index contributed by atoms with van der Waals surface area (Å²) in [6, 6.07) is -1.31. The Kier molecular flexibility index (Phi) is 5.11. The van der Waals surface area contributed by atoms with E-state index in [-0.39, 0.29) is 5.54 Å². The van der Waals surface area contributed by atoms with E-state index in [0.29, 0.717) is 0 Å². The van der Waals surface area contributed by atoms with Crippen LogP contribution in [0.5, 0.6) is 0 Å². The maximum Gasteiger partial charge on any atom is 0.325 e. The minimum Gasteiger partial charge on any atom is -0.480 e. The van der Waals surface area contributed by atoms with E-state index < -0.39 is 18.0 Å². The fraction of sp³-hybridized carbons (Fsp3) is 0.800. The molecule has 0 radical (unpaired) electrons. The van der Waals surface area contributed by atoms with Crippen LogP contribution in [0.3, 0.4) is 0 Å². The molecule has 5 heteroatoms. The molecule has 2 amide bonds. The maximum absolute atomic E-state index is 11.4. The molecule has 0 aromatic rings. The maximum atomic E-state index is 11.4. The van der Waals surface area contributed by atoms with Crippen LogP contribution in [0.25, 0.3) is 0 Å². The number of carboxylic acid groups (broad SMARTS) is 1. The van der Waals surface area contributed by atoms with Gasteiger partial charge in [0.1, 0.15) is 6.04 Å². The number of amides is 2. The van der Waals surface area contributed by atoms with Gasteiger partial charge in [0, 0.05) is 5.54 Å². The number of carbonyl (C=O) groups is 2. The summed E-state index contributed by atoms with van der Waals surface area (Å²) in [5.41, 5.74) is -0.275. The van der Waals surface area contributed by atoms with Crippen LogP contribution < -0.4 is 10.6 Å². The van der Waals surface area contributed by atoms with Crippen LogP contribution in [0.4, 0.5) is 4.79 Å². The first-order chi connectivity index (χ1) is 6.84. The first kappa shape index (κ1) is 13.7. The lowest BCUT2D eigenvalue weighted by atomic mass is 9.96. The zero-order valence-corrected chi connectivity index (χ0v) is 9.76. The third-order valence-corrected chi connectivity index (χ3v) is 2.69. The largest absolute Gasteiger partial charge is 0.480 e. The van der Waals surface area contributed by atoms with Crippen molar-refractivity contribution in [2.75, 3.05) is 0 Å². The summed E-state index contributed by atoms with van der Waals surface area (Å²) in [5, 5.41) is 13.7. The molecule has 0 aromatic carbocycles. The smallest absolute Gasteiger partial charge is 0.325 e. The minimum atomic E-state index is -1.04. The number of carboxylic acids is 1. The molecule has 0 rings (SSSR count). The van der Waals surface area contributed by atoms with Crippen molar-refractivity contribution in [2.45, 2.75) is 52.1 Å². The lowest BCUT2D eigenvalue weighted by Gasteiger charge is -2.28. The number of aliphatic carboxylic acids is 1. The van der Waals surface area contributed by atoms with Gasteiger partial charge in [-0.3, -0.25) is 4.79 Å². The van der Waals surface area contributed by atoms with Gasteiger partial charge in [-0.1, -0.05) is 13.8 Å². The van der Waals surface area contributed by atoms with Crippen molar-refractivity contribution in [1.82, 2.24) is 10.6 Å².